The van der Waals surface area contributed by atoms with Crippen LogP contribution in [0.5, 0.6) is 5.88 Å². The number of hydrogen-bond acceptors (Lipinski definition) is 11. The summed E-state index contributed by atoms with van der Waals surface area (Å²) in [5, 5.41) is 11.2. The fourth-order valence-corrected chi connectivity index (χ4v) is 7.81. The van der Waals surface area contributed by atoms with Gasteiger partial charge in [-0.15, -0.1) is 5.10 Å². The second kappa shape index (κ2) is 14.0. The minimum absolute atomic E-state index is 0.0570. The van der Waals surface area contributed by atoms with E-state index < -0.39 is 5.41 Å². The summed E-state index contributed by atoms with van der Waals surface area (Å²) < 4.78 is 11.4. The topological polar surface area (TPSA) is 141 Å². The normalized spacial score (nSPS) is 21.5. The van der Waals surface area contributed by atoms with Crippen LogP contribution in [0.1, 0.15) is 62.8 Å². The summed E-state index contributed by atoms with van der Waals surface area (Å²) >= 11 is 0. The summed E-state index contributed by atoms with van der Waals surface area (Å²) in [6.45, 7) is 10.2. The van der Waals surface area contributed by atoms with Gasteiger partial charge in [0.1, 0.15) is 0 Å². The highest BCUT2D eigenvalue weighted by molar-refractivity contribution is 6.00. The van der Waals surface area contributed by atoms with Gasteiger partial charge in [-0.2, -0.15) is 0 Å². The molecule has 4 aliphatic heterocycles. The third kappa shape index (κ3) is 6.61. The van der Waals surface area contributed by atoms with Crippen molar-refractivity contribution in [2.24, 2.45) is 5.41 Å². The molecule has 13 nitrogen and oxygen atoms in total. The van der Waals surface area contributed by atoms with Gasteiger partial charge in [0.25, 0.3) is 0 Å². The zero-order chi connectivity index (χ0) is 35.8. The predicted molar refractivity (Wildman–Crippen MR) is 199 cm³/mol. The predicted octanol–water partition coefficient (Wildman–Crippen LogP) is 5.11. The first kappa shape index (κ1) is 33.9. The average Bonchev–Trinajstić information content (AvgIpc) is 3.96. The fraction of sp³-hybridized carbons (Fsp3) is 0.410. The highest BCUT2D eigenvalue weighted by Crippen LogP contribution is 2.44. The summed E-state index contributed by atoms with van der Waals surface area (Å²) in [5.74, 6) is 1.35. The monoisotopic (exact) mass is 703 g/mol. The van der Waals surface area contributed by atoms with Gasteiger partial charge in [0.2, 0.25) is 23.6 Å². The number of nitrogens with zero attached hydrogens (tertiary/aromatic N) is 6. The van der Waals surface area contributed by atoms with Gasteiger partial charge >= 0.3 is 6.01 Å². The van der Waals surface area contributed by atoms with E-state index in [4.69, 9.17) is 9.15 Å². The zero-order valence-corrected chi connectivity index (χ0v) is 29.9. The van der Waals surface area contributed by atoms with Crippen molar-refractivity contribution in [3.63, 3.8) is 0 Å². The molecule has 0 radical (unpaired) electrons. The highest BCUT2D eigenvalue weighted by atomic mass is 16.5. The Kier molecular flexibility index (Phi) is 9.14. The van der Waals surface area contributed by atoms with Gasteiger partial charge in [0.15, 0.2) is 0 Å². The Bertz CT molecular complexity index is 1980. The molecule has 0 saturated carbocycles. The van der Waals surface area contributed by atoms with Gasteiger partial charge in [-0.05, 0) is 93.6 Å². The SMILES string of the molecule is CCNc1nnc(-c2ccc(C3=CCN(C(=O)CN4CC[C@]5(CCN(c6ccc7c(c6)C(c6ccc(OC(C)C)nc6)NN7)C5=O)C4)CC3)cc2)o1. The third-order valence-corrected chi connectivity index (χ3v) is 10.6. The Morgan fingerprint density at radius 3 is 2.63 bits per heavy atom. The largest absolute Gasteiger partial charge is 0.475 e. The first-order valence-electron chi connectivity index (χ1n) is 18.3. The summed E-state index contributed by atoms with van der Waals surface area (Å²) in [6, 6.07) is 18.5. The molecule has 2 saturated heterocycles. The molecule has 2 atom stereocenters. The molecule has 2 amide bonds. The van der Waals surface area contributed by atoms with Crippen molar-refractivity contribution in [3.05, 3.63) is 83.6 Å². The van der Waals surface area contributed by atoms with Crippen molar-refractivity contribution >= 4 is 34.8 Å². The lowest BCUT2D eigenvalue weighted by Crippen LogP contribution is -2.43. The molecule has 0 bridgehead atoms. The first-order chi connectivity index (χ1) is 25.3. The number of carbonyl (C=O) groups excluding carboxylic acids is 2. The smallest absolute Gasteiger partial charge is 0.315 e. The van der Waals surface area contributed by atoms with Gasteiger partial charge in [0.05, 0.1) is 29.8 Å². The van der Waals surface area contributed by atoms with Crippen LogP contribution in [0.4, 0.5) is 17.4 Å². The minimum Gasteiger partial charge on any atom is -0.475 e. The number of carbonyl (C=O) groups is 2. The van der Waals surface area contributed by atoms with E-state index in [1.165, 1.54) is 5.57 Å². The van der Waals surface area contributed by atoms with Crippen LogP contribution in [0.2, 0.25) is 0 Å². The van der Waals surface area contributed by atoms with E-state index in [1.807, 2.05) is 73.2 Å². The standard InChI is InChI=1S/C39H45N9O4/c1-4-40-38-45-44-36(52-38)28-7-5-26(6-8-28)27-13-17-47(18-14-27)34(49)23-46-19-15-39(24-46)16-20-48(37(39)50)30-10-11-32-31(21-30)35(43-42-32)29-9-12-33(41-22-29)51-25(2)3/h5-13,21-22,25,35,42-43H,4,14-20,23-24H2,1-3H3,(H,40,45)/t35?,39-/m0/s1. The van der Waals surface area contributed by atoms with Crippen molar-refractivity contribution in [2.45, 2.75) is 52.2 Å². The lowest BCUT2D eigenvalue weighted by Gasteiger charge is -2.29. The number of hydrazine groups is 1. The molecular weight excluding hydrogens is 658 g/mol. The molecule has 8 rings (SSSR count). The molecule has 3 N–H and O–H groups in total. The van der Waals surface area contributed by atoms with Crippen LogP contribution in [0, 0.1) is 5.41 Å². The molecule has 1 spiro atoms. The number of benzene rings is 2. The maximum Gasteiger partial charge on any atom is 0.315 e. The summed E-state index contributed by atoms with van der Waals surface area (Å²) in [7, 11) is 0. The lowest BCUT2D eigenvalue weighted by atomic mass is 9.85. The maximum atomic E-state index is 14.1. The molecule has 1 unspecified atom stereocenters. The molecule has 270 valence electrons. The molecule has 6 heterocycles. The van der Waals surface area contributed by atoms with Gasteiger partial charge in [-0.1, -0.05) is 29.4 Å². The molecule has 2 aromatic heterocycles. The number of hydrogen-bond donors (Lipinski definition) is 3. The summed E-state index contributed by atoms with van der Waals surface area (Å²) in [5.41, 5.74) is 13.4. The van der Waals surface area contributed by atoms with Crippen LogP contribution < -0.4 is 25.8 Å². The number of fused-ring (bicyclic) bond motifs is 1. The molecule has 4 aliphatic rings. The van der Waals surface area contributed by atoms with Crippen LogP contribution in [0.3, 0.4) is 0 Å². The van der Waals surface area contributed by atoms with Gasteiger partial charge in [-0.3, -0.25) is 14.5 Å². The molecular formula is C39H45N9O4. The van der Waals surface area contributed by atoms with Crippen LogP contribution in [-0.4, -0.2) is 88.7 Å². The van der Waals surface area contributed by atoms with E-state index in [2.05, 4.69) is 60.5 Å². The average molecular weight is 704 g/mol. The number of anilines is 3. The van der Waals surface area contributed by atoms with Crippen molar-refractivity contribution in [1.82, 2.24) is 30.4 Å². The second-order valence-electron chi connectivity index (χ2n) is 14.4. The summed E-state index contributed by atoms with van der Waals surface area (Å²) in [4.78, 5) is 38.0. The molecule has 2 fully saturated rings. The van der Waals surface area contributed by atoms with Crippen LogP contribution >= 0.6 is 0 Å². The van der Waals surface area contributed by atoms with Crippen LogP contribution in [0.15, 0.2) is 71.3 Å². The highest BCUT2D eigenvalue weighted by Gasteiger charge is 2.51. The minimum atomic E-state index is -0.457. The maximum absolute atomic E-state index is 14.1. The van der Waals surface area contributed by atoms with Crippen LogP contribution in [-0.2, 0) is 9.59 Å². The van der Waals surface area contributed by atoms with E-state index >= 15 is 0 Å². The van der Waals surface area contributed by atoms with Gasteiger partial charge in [-0.25, -0.2) is 10.4 Å². The third-order valence-electron chi connectivity index (χ3n) is 10.6. The first-order valence-corrected chi connectivity index (χ1v) is 18.3. The lowest BCUT2D eigenvalue weighted by molar-refractivity contribution is -0.132. The number of amides is 2. The number of ether oxygens (including phenoxy) is 1. The van der Waals surface area contributed by atoms with E-state index in [-0.39, 0.29) is 24.0 Å². The van der Waals surface area contributed by atoms with E-state index in [9.17, 15) is 9.59 Å². The molecule has 0 aliphatic carbocycles. The Hall–Kier alpha value is -5.27. The Labute approximate surface area is 303 Å². The number of likely N-dealkylation sites (tertiary alicyclic amines) is 1. The fourth-order valence-electron chi connectivity index (χ4n) is 7.81. The quantitative estimate of drug-likeness (QED) is 0.203. The van der Waals surface area contributed by atoms with Gasteiger partial charge < -0.3 is 29.7 Å². The Morgan fingerprint density at radius 2 is 1.88 bits per heavy atom. The molecule has 4 aromatic rings. The van der Waals surface area contributed by atoms with E-state index in [0.717, 1.165) is 59.4 Å². The van der Waals surface area contributed by atoms with Crippen molar-refractivity contribution in [2.75, 3.05) is 61.5 Å². The molecule has 52 heavy (non-hydrogen) atoms. The number of aromatic nitrogens is 3. The molecule has 2 aromatic carbocycles. The number of rotatable bonds is 10. The number of nitrogens with one attached hydrogen (secondary N) is 3. The van der Waals surface area contributed by atoms with Crippen LogP contribution in [0.25, 0.3) is 17.0 Å². The van der Waals surface area contributed by atoms with Crippen molar-refractivity contribution < 1.29 is 18.7 Å². The van der Waals surface area contributed by atoms with Crippen molar-refractivity contribution in [1.29, 1.82) is 0 Å². The van der Waals surface area contributed by atoms with Crippen molar-refractivity contribution in [3.8, 4) is 17.3 Å². The van der Waals surface area contributed by atoms with Gasteiger partial charge in [0, 0.05) is 61.8 Å². The second-order valence-corrected chi connectivity index (χ2v) is 14.4. The molecule has 13 heteroatoms. The Morgan fingerprint density at radius 1 is 1.06 bits per heavy atom. The Balaban J connectivity index is 0.862. The van der Waals surface area contributed by atoms with E-state index in [0.29, 0.717) is 57.1 Å². The van der Waals surface area contributed by atoms with E-state index in [1.54, 1.807) is 0 Å². The zero-order valence-electron chi connectivity index (χ0n) is 29.9. The number of pyridine rings is 1. The summed E-state index contributed by atoms with van der Waals surface area (Å²) in [6.07, 6.45) is 6.38.